The molecule has 5 nitrogen and oxygen atoms in total. The SMILES string of the molecule is O=C(Cc1cn(Cc2ccccc2)c2ccccc12)Nc1ccc(Nc2cccnc2)cc1. The fourth-order valence-electron chi connectivity index (χ4n) is 3.99. The van der Waals surface area contributed by atoms with Gasteiger partial charge in [-0.1, -0.05) is 48.5 Å². The summed E-state index contributed by atoms with van der Waals surface area (Å²) in [6, 6.07) is 30.1. The van der Waals surface area contributed by atoms with Crippen molar-refractivity contribution >= 4 is 33.9 Å². The molecule has 5 heteroatoms. The Hall–Kier alpha value is -4.38. The van der Waals surface area contributed by atoms with Gasteiger partial charge in [0.25, 0.3) is 0 Å². The highest BCUT2D eigenvalue weighted by atomic mass is 16.1. The van der Waals surface area contributed by atoms with Crippen LogP contribution in [0.1, 0.15) is 11.1 Å². The van der Waals surface area contributed by atoms with Gasteiger partial charge in [0, 0.05) is 41.2 Å². The summed E-state index contributed by atoms with van der Waals surface area (Å²) in [7, 11) is 0. The lowest BCUT2D eigenvalue weighted by molar-refractivity contribution is -0.115. The molecule has 0 bridgehead atoms. The van der Waals surface area contributed by atoms with Crippen LogP contribution in [-0.4, -0.2) is 15.5 Å². The molecule has 0 unspecified atom stereocenters. The Labute approximate surface area is 192 Å². The average molecular weight is 433 g/mol. The van der Waals surface area contributed by atoms with E-state index >= 15 is 0 Å². The summed E-state index contributed by atoms with van der Waals surface area (Å²) in [6.45, 7) is 0.772. The Morgan fingerprint density at radius 2 is 1.55 bits per heavy atom. The lowest BCUT2D eigenvalue weighted by Crippen LogP contribution is -2.14. The molecule has 162 valence electrons. The average Bonchev–Trinajstić information content (AvgIpc) is 3.18. The third kappa shape index (κ3) is 4.93. The molecule has 5 aromatic rings. The van der Waals surface area contributed by atoms with Crippen molar-refractivity contribution in [3.8, 4) is 0 Å². The molecular formula is C28H24N4O. The minimum Gasteiger partial charge on any atom is -0.354 e. The van der Waals surface area contributed by atoms with Crippen LogP contribution in [0.2, 0.25) is 0 Å². The fourth-order valence-corrected chi connectivity index (χ4v) is 3.99. The van der Waals surface area contributed by atoms with Crippen LogP contribution >= 0.6 is 0 Å². The largest absolute Gasteiger partial charge is 0.354 e. The standard InChI is InChI=1S/C28H24N4O/c33-28(31-24-14-12-23(13-15-24)30-25-9-6-16-29-18-25)17-22-20-32(19-21-7-2-1-3-8-21)27-11-5-4-10-26(22)27/h1-16,18,20,30H,17,19H2,(H,31,33). The summed E-state index contributed by atoms with van der Waals surface area (Å²) in [5, 5.41) is 7.42. The van der Waals surface area contributed by atoms with Gasteiger partial charge in [0.2, 0.25) is 5.91 Å². The molecule has 2 N–H and O–H groups in total. The number of fused-ring (bicyclic) bond motifs is 1. The number of hydrogen-bond acceptors (Lipinski definition) is 3. The van der Waals surface area contributed by atoms with E-state index < -0.39 is 0 Å². The van der Waals surface area contributed by atoms with Gasteiger partial charge in [-0.15, -0.1) is 0 Å². The van der Waals surface area contributed by atoms with Gasteiger partial charge >= 0.3 is 0 Å². The second-order valence-electron chi connectivity index (χ2n) is 7.95. The lowest BCUT2D eigenvalue weighted by atomic mass is 10.1. The molecule has 1 amide bonds. The van der Waals surface area contributed by atoms with Crippen molar-refractivity contribution in [1.82, 2.24) is 9.55 Å². The van der Waals surface area contributed by atoms with Crippen molar-refractivity contribution in [1.29, 1.82) is 0 Å². The maximum Gasteiger partial charge on any atom is 0.228 e. The van der Waals surface area contributed by atoms with Gasteiger partial charge in [0.15, 0.2) is 0 Å². The van der Waals surface area contributed by atoms with Gasteiger partial charge in [-0.2, -0.15) is 0 Å². The zero-order chi connectivity index (χ0) is 22.5. The Morgan fingerprint density at radius 3 is 2.33 bits per heavy atom. The number of para-hydroxylation sites is 1. The van der Waals surface area contributed by atoms with Crippen LogP contribution in [0.25, 0.3) is 10.9 Å². The van der Waals surface area contributed by atoms with Crippen LogP contribution in [0, 0.1) is 0 Å². The number of benzene rings is 3. The smallest absolute Gasteiger partial charge is 0.228 e. The molecule has 0 saturated heterocycles. The van der Waals surface area contributed by atoms with Gasteiger partial charge < -0.3 is 15.2 Å². The van der Waals surface area contributed by atoms with Crippen molar-refractivity contribution in [3.63, 3.8) is 0 Å². The highest BCUT2D eigenvalue weighted by molar-refractivity contribution is 5.96. The number of nitrogens with zero attached hydrogens (tertiary/aromatic N) is 2. The van der Waals surface area contributed by atoms with Crippen LogP contribution in [0.5, 0.6) is 0 Å². The van der Waals surface area contributed by atoms with Gasteiger partial charge in [-0.3, -0.25) is 9.78 Å². The van der Waals surface area contributed by atoms with Crippen molar-refractivity contribution in [2.24, 2.45) is 0 Å². The van der Waals surface area contributed by atoms with Crippen LogP contribution in [-0.2, 0) is 17.8 Å². The van der Waals surface area contributed by atoms with E-state index in [1.807, 2.05) is 66.7 Å². The highest BCUT2D eigenvalue weighted by Crippen LogP contribution is 2.24. The molecule has 2 heterocycles. The molecule has 0 atom stereocenters. The summed E-state index contributed by atoms with van der Waals surface area (Å²) in [4.78, 5) is 16.9. The Kier molecular flexibility index (Phi) is 5.85. The second-order valence-corrected chi connectivity index (χ2v) is 7.95. The summed E-state index contributed by atoms with van der Waals surface area (Å²) in [5.74, 6) is -0.0365. The molecule has 0 aliphatic carbocycles. The molecule has 5 rings (SSSR count). The predicted octanol–water partition coefficient (Wildman–Crippen LogP) is 6.01. The molecule has 0 aliphatic rings. The molecule has 0 spiro atoms. The van der Waals surface area contributed by atoms with Gasteiger partial charge in [-0.05, 0) is 53.6 Å². The van der Waals surface area contributed by atoms with E-state index in [4.69, 9.17) is 0 Å². The number of amides is 1. The van der Waals surface area contributed by atoms with Crippen LogP contribution in [0.4, 0.5) is 17.1 Å². The number of aromatic nitrogens is 2. The van der Waals surface area contributed by atoms with Crippen molar-refractivity contribution in [2.75, 3.05) is 10.6 Å². The van der Waals surface area contributed by atoms with Crippen molar-refractivity contribution < 1.29 is 4.79 Å². The van der Waals surface area contributed by atoms with Crippen molar-refractivity contribution in [3.05, 3.63) is 121 Å². The Morgan fingerprint density at radius 1 is 0.788 bits per heavy atom. The molecule has 0 radical (unpaired) electrons. The first-order valence-electron chi connectivity index (χ1n) is 10.9. The number of carbonyl (C=O) groups is 1. The minimum atomic E-state index is -0.0365. The van der Waals surface area contributed by atoms with Gasteiger partial charge in [0.1, 0.15) is 0 Å². The maximum atomic E-state index is 12.8. The van der Waals surface area contributed by atoms with E-state index in [0.29, 0.717) is 6.42 Å². The van der Waals surface area contributed by atoms with Crippen LogP contribution in [0.15, 0.2) is 110 Å². The molecule has 2 aromatic heterocycles. The van der Waals surface area contributed by atoms with E-state index in [1.165, 1.54) is 5.56 Å². The molecular weight excluding hydrogens is 408 g/mol. The molecule has 0 fully saturated rings. The number of rotatable bonds is 7. The van der Waals surface area contributed by atoms with Gasteiger partial charge in [-0.25, -0.2) is 0 Å². The Bertz CT molecular complexity index is 1360. The molecule has 33 heavy (non-hydrogen) atoms. The second kappa shape index (κ2) is 9.40. The molecule has 0 aliphatic heterocycles. The highest BCUT2D eigenvalue weighted by Gasteiger charge is 2.12. The van der Waals surface area contributed by atoms with E-state index in [2.05, 4.69) is 50.6 Å². The van der Waals surface area contributed by atoms with Gasteiger partial charge in [0.05, 0.1) is 18.3 Å². The zero-order valence-corrected chi connectivity index (χ0v) is 18.1. The normalized spacial score (nSPS) is 10.8. The number of pyridine rings is 1. The van der Waals surface area contributed by atoms with E-state index in [-0.39, 0.29) is 5.91 Å². The van der Waals surface area contributed by atoms with Crippen LogP contribution < -0.4 is 10.6 Å². The summed E-state index contributed by atoms with van der Waals surface area (Å²) < 4.78 is 2.21. The van der Waals surface area contributed by atoms with E-state index in [1.54, 1.807) is 12.4 Å². The third-order valence-corrected chi connectivity index (χ3v) is 5.54. The summed E-state index contributed by atoms with van der Waals surface area (Å²) in [6.07, 6.45) is 5.92. The van der Waals surface area contributed by atoms with Crippen molar-refractivity contribution in [2.45, 2.75) is 13.0 Å². The number of nitrogens with one attached hydrogen (secondary N) is 2. The first kappa shape index (κ1) is 20.5. The minimum absolute atomic E-state index is 0.0365. The van der Waals surface area contributed by atoms with E-state index in [9.17, 15) is 4.79 Å². The third-order valence-electron chi connectivity index (χ3n) is 5.54. The number of hydrogen-bond donors (Lipinski definition) is 2. The maximum absolute atomic E-state index is 12.8. The number of anilines is 3. The predicted molar refractivity (Wildman–Crippen MR) is 134 cm³/mol. The van der Waals surface area contributed by atoms with Crippen LogP contribution in [0.3, 0.4) is 0 Å². The molecule has 0 saturated carbocycles. The lowest BCUT2D eigenvalue weighted by Gasteiger charge is -2.08. The molecule has 3 aromatic carbocycles. The first-order chi connectivity index (χ1) is 16.2. The fraction of sp³-hybridized carbons (Fsp3) is 0.0714. The first-order valence-corrected chi connectivity index (χ1v) is 10.9. The number of carbonyl (C=O) groups excluding carboxylic acids is 1. The summed E-state index contributed by atoms with van der Waals surface area (Å²) >= 11 is 0. The zero-order valence-electron chi connectivity index (χ0n) is 18.1. The van der Waals surface area contributed by atoms with E-state index in [0.717, 1.165) is 40.1 Å². The quantitative estimate of drug-likeness (QED) is 0.331. The summed E-state index contributed by atoms with van der Waals surface area (Å²) in [5.41, 5.74) is 6.01. The monoisotopic (exact) mass is 432 g/mol. The topological polar surface area (TPSA) is 59.0 Å². The Balaban J connectivity index is 1.28.